The number of fused-ring (bicyclic) bond motifs is 1. The summed E-state index contributed by atoms with van der Waals surface area (Å²) in [7, 11) is 0. The molecule has 1 aliphatic rings. The van der Waals surface area contributed by atoms with E-state index in [0.29, 0.717) is 5.69 Å². The van der Waals surface area contributed by atoms with Crippen molar-refractivity contribution in [2.24, 2.45) is 0 Å². The monoisotopic (exact) mass is 332 g/mol. The molecule has 3 rings (SSSR count). The summed E-state index contributed by atoms with van der Waals surface area (Å²) in [6, 6.07) is 7.54. The fraction of sp³-hybridized carbons (Fsp3) is 0.312. The summed E-state index contributed by atoms with van der Waals surface area (Å²) >= 11 is 1.12. The molecule has 120 valence electrons. The molecule has 1 amide bonds. The number of carboxylic acids is 1. The minimum atomic E-state index is -1.14. The van der Waals surface area contributed by atoms with Crippen molar-refractivity contribution in [3.05, 3.63) is 40.4 Å². The molecule has 0 radical (unpaired) electrons. The van der Waals surface area contributed by atoms with Crippen LogP contribution in [-0.2, 0) is 4.79 Å². The standard InChI is InChI=1S/C16H16N2O4S/c1-8(2)22-10-5-3-9(4-6-10)11-7-12(19)17-13-14(16(20)21)18-23-15(11)13/h3-6,8,11H,7H2,1-2H3,(H,17,19)(H,20,21)/t11-/m1/s1. The minimum Gasteiger partial charge on any atom is -0.491 e. The van der Waals surface area contributed by atoms with Crippen LogP contribution in [0.4, 0.5) is 5.69 Å². The highest BCUT2D eigenvalue weighted by atomic mass is 32.1. The highest BCUT2D eigenvalue weighted by Gasteiger charge is 2.33. The molecular formula is C16H16N2O4S. The summed E-state index contributed by atoms with van der Waals surface area (Å²) in [5.74, 6) is -0.756. The summed E-state index contributed by atoms with van der Waals surface area (Å²) in [6.07, 6.45) is 0.367. The van der Waals surface area contributed by atoms with Crippen LogP contribution in [0.2, 0.25) is 0 Å². The number of ether oxygens (including phenoxy) is 1. The molecule has 6 nitrogen and oxygen atoms in total. The van der Waals surface area contributed by atoms with Crippen LogP contribution in [0.3, 0.4) is 0 Å². The molecule has 0 unspecified atom stereocenters. The molecule has 2 N–H and O–H groups in total. The smallest absolute Gasteiger partial charge is 0.357 e. The Labute approximate surface area is 137 Å². The molecule has 7 heteroatoms. The summed E-state index contributed by atoms with van der Waals surface area (Å²) in [5.41, 5.74) is 1.17. The molecule has 0 saturated carbocycles. The van der Waals surface area contributed by atoms with Crippen molar-refractivity contribution in [1.82, 2.24) is 4.37 Å². The third kappa shape index (κ3) is 3.05. The Kier molecular flexibility index (Phi) is 4.04. The molecule has 1 aromatic heterocycles. The molecule has 2 aromatic rings. The Bertz CT molecular complexity index is 752. The number of aromatic nitrogens is 1. The minimum absolute atomic E-state index is 0.0903. The zero-order chi connectivity index (χ0) is 16.6. The summed E-state index contributed by atoms with van der Waals surface area (Å²) in [4.78, 5) is 23.9. The molecule has 0 bridgehead atoms. The number of carbonyl (C=O) groups excluding carboxylic acids is 1. The van der Waals surface area contributed by atoms with Gasteiger partial charge in [0, 0.05) is 12.3 Å². The number of rotatable bonds is 4. The Morgan fingerprint density at radius 2 is 2.09 bits per heavy atom. The van der Waals surface area contributed by atoms with Gasteiger partial charge in [0.05, 0.1) is 16.7 Å². The lowest BCUT2D eigenvalue weighted by Gasteiger charge is -2.22. The first kappa shape index (κ1) is 15.5. The second-order valence-electron chi connectivity index (χ2n) is 5.62. The van der Waals surface area contributed by atoms with Crippen molar-refractivity contribution >= 4 is 29.1 Å². The van der Waals surface area contributed by atoms with Gasteiger partial charge in [-0.3, -0.25) is 4.79 Å². The van der Waals surface area contributed by atoms with E-state index in [0.717, 1.165) is 27.7 Å². The van der Waals surface area contributed by atoms with Gasteiger partial charge in [-0.1, -0.05) is 12.1 Å². The SMILES string of the molecule is CC(C)Oc1ccc([C@H]2CC(=O)Nc3c(C(=O)O)nsc32)cc1. The van der Waals surface area contributed by atoms with Crippen LogP contribution in [0.5, 0.6) is 5.75 Å². The van der Waals surface area contributed by atoms with E-state index in [1.54, 1.807) is 0 Å². The van der Waals surface area contributed by atoms with Gasteiger partial charge in [-0.05, 0) is 43.1 Å². The highest BCUT2D eigenvalue weighted by molar-refractivity contribution is 7.06. The molecule has 1 atom stereocenters. The number of amides is 1. The van der Waals surface area contributed by atoms with Crippen LogP contribution >= 0.6 is 11.5 Å². The maximum Gasteiger partial charge on any atom is 0.357 e. The lowest BCUT2D eigenvalue weighted by atomic mass is 9.90. The summed E-state index contributed by atoms with van der Waals surface area (Å²) in [6.45, 7) is 3.91. The number of benzene rings is 1. The van der Waals surface area contributed by atoms with E-state index in [4.69, 9.17) is 9.84 Å². The molecule has 1 aromatic carbocycles. The van der Waals surface area contributed by atoms with Crippen LogP contribution in [0.1, 0.15) is 47.1 Å². The number of anilines is 1. The molecule has 0 spiro atoms. The fourth-order valence-corrected chi connectivity index (χ4v) is 3.54. The first-order valence-corrected chi connectivity index (χ1v) is 8.02. The molecule has 1 aliphatic heterocycles. The van der Waals surface area contributed by atoms with Crippen molar-refractivity contribution in [3.8, 4) is 5.75 Å². The van der Waals surface area contributed by atoms with Crippen LogP contribution in [0, 0.1) is 0 Å². The number of nitrogens with zero attached hydrogens (tertiary/aromatic N) is 1. The average molecular weight is 332 g/mol. The Balaban J connectivity index is 1.95. The predicted molar refractivity (Wildman–Crippen MR) is 86.4 cm³/mol. The van der Waals surface area contributed by atoms with Gasteiger partial charge in [0.2, 0.25) is 5.91 Å². The lowest BCUT2D eigenvalue weighted by molar-refractivity contribution is -0.116. The molecular weight excluding hydrogens is 316 g/mol. The Morgan fingerprint density at radius 1 is 1.39 bits per heavy atom. The third-order valence-corrected chi connectivity index (χ3v) is 4.50. The zero-order valence-corrected chi connectivity index (χ0v) is 13.5. The van der Waals surface area contributed by atoms with Crippen molar-refractivity contribution in [1.29, 1.82) is 0 Å². The average Bonchev–Trinajstić information content (AvgIpc) is 2.90. The van der Waals surface area contributed by atoms with Crippen molar-refractivity contribution in [2.75, 3.05) is 5.32 Å². The maximum absolute atomic E-state index is 11.9. The van der Waals surface area contributed by atoms with Gasteiger partial charge in [-0.2, -0.15) is 4.37 Å². The van der Waals surface area contributed by atoms with Gasteiger partial charge < -0.3 is 15.2 Å². The van der Waals surface area contributed by atoms with E-state index in [-0.39, 0.29) is 30.0 Å². The summed E-state index contributed by atoms with van der Waals surface area (Å²) < 4.78 is 9.58. The number of aromatic carboxylic acids is 1. The van der Waals surface area contributed by atoms with Gasteiger partial charge in [-0.15, -0.1) is 0 Å². The highest BCUT2D eigenvalue weighted by Crippen LogP contribution is 2.41. The van der Waals surface area contributed by atoms with Crippen molar-refractivity contribution < 1.29 is 19.4 Å². The van der Waals surface area contributed by atoms with E-state index in [1.165, 1.54) is 0 Å². The zero-order valence-electron chi connectivity index (χ0n) is 12.7. The van der Waals surface area contributed by atoms with Crippen LogP contribution < -0.4 is 10.1 Å². The largest absolute Gasteiger partial charge is 0.491 e. The number of carboxylic acid groups (broad SMARTS) is 1. The van der Waals surface area contributed by atoms with E-state index >= 15 is 0 Å². The molecule has 0 fully saturated rings. The molecule has 23 heavy (non-hydrogen) atoms. The van der Waals surface area contributed by atoms with Gasteiger partial charge >= 0.3 is 5.97 Å². The fourth-order valence-electron chi connectivity index (χ4n) is 2.60. The van der Waals surface area contributed by atoms with Crippen LogP contribution in [-0.4, -0.2) is 27.5 Å². The lowest BCUT2D eigenvalue weighted by Crippen LogP contribution is -2.23. The molecule has 0 saturated heterocycles. The second kappa shape index (κ2) is 6.00. The predicted octanol–water partition coefficient (Wildman–Crippen LogP) is 3.10. The van der Waals surface area contributed by atoms with E-state index in [1.807, 2.05) is 38.1 Å². The van der Waals surface area contributed by atoms with Gasteiger partial charge in [-0.25, -0.2) is 4.79 Å². The quantitative estimate of drug-likeness (QED) is 0.898. The molecule has 0 aliphatic carbocycles. The van der Waals surface area contributed by atoms with E-state index in [2.05, 4.69) is 9.69 Å². The number of hydrogen-bond donors (Lipinski definition) is 2. The third-order valence-electron chi connectivity index (χ3n) is 3.55. The number of nitrogens with one attached hydrogen (secondary N) is 1. The van der Waals surface area contributed by atoms with Gasteiger partial charge in [0.15, 0.2) is 5.69 Å². The summed E-state index contributed by atoms with van der Waals surface area (Å²) in [5, 5.41) is 11.8. The van der Waals surface area contributed by atoms with E-state index < -0.39 is 5.97 Å². The van der Waals surface area contributed by atoms with E-state index in [9.17, 15) is 9.59 Å². The number of hydrogen-bond acceptors (Lipinski definition) is 5. The van der Waals surface area contributed by atoms with Crippen LogP contribution in [0.15, 0.2) is 24.3 Å². The Morgan fingerprint density at radius 3 is 2.70 bits per heavy atom. The van der Waals surface area contributed by atoms with Gasteiger partial charge in [0.1, 0.15) is 5.75 Å². The van der Waals surface area contributed by atoms with Gasteiger partial charge in [0.25, 0.3) is 0 Å². The first-order chi connectivity index (χ1) is 11.0. The number of carbonyl (C=O) groups is 2. The normalized spacial score (nSPS) is 16.8. The second-order valence-corrected chi connectivity index (χ2v) is 6.42. The van der Waals surface area contributed by atoms with Crippen molar-refractivity contribution in [3.63, 3.8) is 0 Å². The molecule has 2 heterocycles. The Hall–Kier alpha value is -2.41. The van der Waals surface area contributed by atoms with Crippen LogP contribution in [0.25, 0.3) is 0 Å². The first-order valence-electron chi connectivity index (χ1n) is 7.25. The maximum atomic E-state index is 11.9. The van der Waals surface area contributed by atoms with Crippen molar-refractivity contribution in [2.45, 2.75) is 32.3 Å². The topological polar surface area (TPSA) is 88.5 Å².